The van der Waals surface area contributed by atoms with E-state index in [4.69, 9.17) is 10.5 Å². The molecule has 0 unspecified atom stereocenters. The molecule has 0 saturated heterocycles. The number of anilines is 1. The highest BCUT2D eigenvalue weighted by Gasteiger charge is 2.23. The highest BCUT2D eigenvalue weighted by molar-refractivity contribution is 6.18. The number of nitrogens with zero attached hydrogens (tertiary/aromatic N) is 2. The number of carbonyl (C=O) groups excluding carboxylic acids is 1. The van der Waals surface area contributed by atoms with Crippen molar-refractivity contribution in [2.75, 3.05) is 12.4 Å². The van der Waals surface area contributed by atoms with Crippen LogP contribution in [0, 0.1) is 6.92 Å². The SMILES string of the molecule is COc1ccc(C)c(C(=O)c2c[nH]c3ncnc(N[C@H]4CC[C@@H](N)CC4)c23)c1. The number of carbonyl (C=O) groups is 1. The first-order valence-corrected chi connectivity index (χ1v) is 9.60. The molecule has 1 aliphatic rings. The van der Waals surface area contributed by atoms with Gasteiger partial charge in [0.2, 0.25) is 0 Å². The van der Waals surface area contributed by atoms with Gasteiger partial charge in [-0.15, -0.1) is 0 Å². The summed E-state index contributed by atoms with van der Waals surface area (Å²) in [4.78, 5) is 25.2. The number of ketones is 1. The van der Waals surface area contributed by atoms with Crippen LogP contribution in [0.5, 0.6) is 5.75 Å². The molecule has 1 aromatic carbocycles. The Morgan fingerprint density at radius 3 is 2.75 bits per heavy atom. The number of H-pyrrole nitrogens is 1. The summed E-state index contributed by atoms with van der Waals surface area (Å²) < 4.78 is 5.29. The van der Waals surface area contributed by atoms with Gasteiger partial charge in [0, 0.05) is 23.8 Å². The summed E-state index contributed by atoms with van der Waals surface area (Å²) in [7, 11) is 1.59. The standard InChI is InChI=1S/C21H25N5O2/c1-12-3-8-15(28-2)9-16(12)19(27)17-10-23-20-18(17)21(25-11-24-20)26-14-6-4-13(22)5-7-14/h3,8-11,13-14H,4-7,22H2,1-2H3,(H2,23,24,25,26)/t13-,14+. The van der Waals surface area contributed by atoms with E-state index in [9.17, 15) is 4.79 Å². The van der Waals surface area contributed by atoms with Gasteiger partial charge in [0.1, 0.15) is 23.5 Å². The average Bonchev–Trinajstić information content (AvgIpc) is 3.15. The predicted octanol–water partition coefficient (Wildman–Crippen LogP) is 3.19. The van der Waals surface area contributed by atoms with Crippen LogP contribution in [0.2, 0.25) is 0 Å². The molecule has 1 aliphatic carbocycles. The first-order valence-electron chi connectivity index (χ1n) is 9.60. The molecule has 0 amide bonds. The molecule has 0 atom stereocenters. The lowest BCUT2D eigenvalue weighted by molar-refractivity contribution is 0.103. The molecule has 2 aromatic heterocycles. The van der Waals surface area contributed by atoms with Gasteiger partial charge in [0.25, 0.3) is 0 Å². The second-order valence-corrected chi connectivity index (χ2v) is 7.41. The van der Waals surface area contributed by atoms with E-state index in [0.717, 1.165) is 36.6 Å². The van der Waals surface area contributed by atoms with Gasteiger partial charge >= 0.3 is 0 Å². The minimum atomic E-state index is -0.0776. The third-order valence-corrected chi connectivity index (χ3v) is 5.52. The molecule has 2 heterocycles. The zero-order valence-electron chi connectivity index (χ0n) is 16.2. The number of nitrogens with two attached hydrogens (primary N) is 1. The normalized spacial score (nSPS) is 19.5. The monoisotopic (exact) mass is 379 g/mol. The Hall–Kier alpha value is -2.93. The fourth-order valence-corrected chi connectivity index (χ4v) is 3.83. The van der Waals surface area contributed by atoms with Crippen LogP contribution in [0.1, 0.15) is 47.2 Å². The number of ether oxygens (including phenoxy) is 1. The highest BCUT2D eigenvalue weighted by atomic mass is 16.5. The Bertz CT molecular complexity index is 1010. The Kier molecular flexibility index (Phi) is 5.00. The summed E-state index contributed by atoms with van der Waals surface area (Å²) in [5.41, 5.74) is 8.73. The number of methoxy groups -OCH3 is 1. The van der Waals surface area contributed by atoms with Crippen molar-refractivity contribution in [2.24, 2.45) is 5.73 Å². The predicted molar refractivity (Wildman–Crippen MR) is 109 cm³/mol. The van der Waals surface area contributed by atoms with E-state index in [1.807, 2.05) is 19.1 Å². The molecule has 7 nitrogen and oxygen atoms in total. The molecular weight excluding hydrogens is 354 g/mol. The molecular formula is C21H25N5O2. The molecule has 28 heavy (non-hydrogen) atoms. The zero-order valence-corrected chi connectivity index (χ0v) is 16.2. The Morgan fingerprint density at radius 2 is 2.00 bits per heavy atom. The van der Waals surface area contributed by atoms with Crippen molar-refractivity contribution in [1.82, 2.24) is 15.0 Å². The number of aromatic nitrogens is 3. The summed E-state index contributed by atoms with van der Waals surface area (Å²) in [5, 5.41) is 4.24. The van der Waals surface area contributed by atoms with E-state index in [1.54, 1.807) is 19.4 Å². The quantitative estimate of drug-likeness (QED) is 0.588. The molecule has 146 valence electrons. The largest absolute Gasteiger partial charge is 0.497 e. The minimum Gasteiger partial charge on any atom is -0.497 e. The average molecular weight is 379 g/mol. The van der Waals surface area contributed by atoms with Gasteiger partial charge in [-0.25, -0.2) is 9.97 Å². The van der Waals surface area contributed by atoms with E-state index in [1.165, 1.54) is 6.33 Å². The molecule has 0 spiro atoms. The summed E-state index contributed by atoms with van der Waals surface area (Å²) in [6.45, 7) is 1.92. The number of benzene rings is 1. The molecule has 7 heteroatoms. The van der Waals surface area contributed by atoms with Crippen molar-refractivity contribution in [2.45, 2.75) is 44.7 Å². The number of nitrogens with one attached hydrogen (secondary N) is 2. The van der Waals surface area contributed by atoms with Crippen LogP contribution >= 0.6 is 0 Å². The summed E-state index contributed by atoms with van der Waals surface area (Å²) in [6, 6.07) is 6.10. The lowest BCUT2D eigenvalue weighted by atomic mass is 9.91. The minimum absolute atomic E-state index is 0.0776. The molecule has 0 aliphatic heterocycles. The van der Waals surface area contributed by atoms with Crippen LogP contribution in [-0.4, -0.2) is 39.9 Å². The topological polar surface area (TPSA) is 106 Å². The molecule has 0 bridgehead atoms. The van der Waals surface area contributed by atoms with Crippen molar-refractivity contribution < 1.29 is 9.53 Å². The van der Waals surface area contributed by atoms with Crippen molar-refractivity contribution >= 4 is 22.6 Å². The number of aryl methyl sites for hydroxylation is 1. The van der Waals surface area contributed by atoms with Crippen LogP contribution in [0.25, 0.3) is 11.0 Å². The second-order valence-electron chi connectivity index (χ2n) is 7.41. The molecule has 1 saturated carbocycles. The van der Waals surface area contributed by atoms with Crippen molar-refractivity contribution in [3.8, 4) is 5.75 Å². The summed E-state index contributed by atoms with van der Waals surface area (Å²) in [6.07, 6.45) is 7.20. The third kappa shape index (κ3) is 3.45. The molecule has 1 fully saturated rings. The third-order valence-electron chi connectivity index (χ3n) is 5.52. The van der Waals surface area contributed by atoms with Crippen LogP contribution in [0.15, 0.2) is 30.7 Å². The van der Waals surface area contributed by atoms with E-state index in [2.05, 4.69) is 20.3 Å². The van der Waals surface area contributed by atoms with Crippen LogP contribution < -0.4 is 15.8 Å². The molecule has 4 rings (SSSR count). The fourth-order valence-electron chi connectivity index (χ4n) is 3.83. The Morgan fingerprint density at radius 1 is 1.21 bits per heavy atom. The van der Waals surface area contributed by atoms with Crippen LogP contribution in [0.4, 0.5) is 5.82 Å². The molecule has 3 aromatic rings. The molecule has 4 N–H and O–H groups in total. The van der Waals surface area contributed by atoms with E-state index < -0.39 is 0 Å². The highest BCUT2D eigenvalue weighted by Crippen LogP contribution is 2.29. The second kappa shape index (κ2) is 7.59. The van der Waals surface area contributed by atoms with Crippen molar-refractivity contribution in [3.63, 3.8) is 0 Å². The van der Waals surface area contributed by atoms with Gasteiger partial charge in [-0.1, -0.05) is 6.07 Å². The lowest BCUT2D eigenvalue weighted by Gasteiger charge is -2.27. The van der Waals surface area contributed by atoms with Gasteiger partial charge in [-0.05, 0) is 50.3 Å². The van der Waals surface area contributed by atoms with Crippen LogP contribution in [0.3, 0.4) is 0 Å². The summed E-state index contributed by atoms with van der Waals surface area (Å²) in [5.74, 6) is 1.27. The Balaban J connectivity index is 1.71. The number of fused-ring (bicyclic) bond motifs is 1. The number of rotatable bonds is 5. The first-order chi connectivity index (χ1) is 13.6. The smallest absolute Gasteiger partial charge is 0.195 e. The lowest BCUT2D eigenvalue weighted by Crippen LogP contribution is -2.33. The fraction of sp³-hybridized carbons (Fsp3) is 0.381. The van der Waals surface area contributed by atoms with E-state index in [0.29, 0.717) is 34.4 Å². The Labute approximate surface area is 163 Å². The number of hydrogen-bond acceptors (Lipinski definition) is 6. The molecule has 0 radical (unpaired) electrons. The van der Waals surface area contributed by atoms with Gasteiger partial charge in [0.05, 0.1) is 18.1 Å². The maximum atomic E-state index is 13.3. The van der Waals surface area contributed by atoms with Crippen molar-refractivity contribution in [3.05, 3.63) is 47.4 Å². The van der Waals surface area contributed by atoms with Gasteiger partial charge in [-0.3, -0.25) is 4.79 Å². The van der Waals surface area contributed by atoms with E-state index in [-0.39, 0.29) is 11.8 Å². The number of hydrogen-bond donors (Lipinski definition) is 3. The van der Waals surface area contributed by atoms with Crippen molar-refractivity contribution in [1.29, 1.82) is 0 Å². The van der Waals surface area contributed by atoms with Gasteiger partial charge < -0.3 is 20.8 Å². The summed E-state index contributed by atoms with van der Waals surface area (Å²) >= 11 is 0. The van der Waals surface area contributed by atoms with Gasteiger partial charge in [-0.2, -0.15) is 0 Å². The maximum absolute atomic E-state index is 13.3. The van der Waals surface area contributed by atoms with Crippen LogP contribution in [-0.2, 0) is 0 Å². The maximum Gasteiger partial charge on any atom is 0.195 e. The van der Waals surface area contributed by atoms with E-state index >= 15 is 0 Å². The van der Waals surface area contributed by atoms with Gasteiger partial charge in [0.15, 0.2) is 5.78 Å². The zero-order chi connectivity index (χ0) is 19.7. The number of aromatic amines is 1. The first kappa shape index (κ1) is 18.4.